The van der Waals surface area contributed by atoms with Crippen LogP contribution in [0.25, 0.3) is 0 Å². The van der Waals surface area contributed by atoms with E-state index >= 15 is 0 Å². The van der Waals surface area contributed by atoms with Crippen molar-refractivity contribution in [3.8, 4) is 0 Å². The van der Waals surface area contributed by atoms with E-state index in [1.807, 2.05) is 6.26 Å². The fourth-order valence-corrected chi connectivity index (χ4v) is 2.07. The van der Waals surface area contributed by atoms with Gasteiger partial charge in [-0.1, -0.05) is 0 Å². The summed E-state index contributed by atoms with van der Waals surface area (Å²) in [5.74, 6) is -1.60. The van der Waals surface area contributed by atoms with Crippen molar-refractivity contribution in [1.82, 2.24) is 0 Å². The highest BCUT2D eigenvalue weighted by Gasteiger charge is 2.53. The molecule has 2 N–H and O–H groups in total. The Bertz CT molecular complexity index is 141. The van der Waals surface area contributed by atoms with Crippen LogP contribution in [0.2, 0.25) is 0 Å². The average Bonchev–Trinajstić information content (AvgIpc) is 1.79. The summed E-state index contributed by atoms with van der Waals surface area (Å²) in [6.45, 7) is 0. The van der Waals surface area contributed by atoms with E-state index in [1.165, 1.54) is 0 Å². The van der Waals surface area contributed by atoms with E-state index in [0.29, 0.717) is 6.42 Å². The highest BCUT2D eigenvalue weighted by Crippen LogP contribution is 2.45. The number of halogens is 2. The van der Waals surface area contributed by atoms with Crippen LogP contribution in [0.1, 0.15) is 19.3 Å². The minimum absolute atomic E-state index is 0.124. The molecule has 4 heteroatoms. The second-order valence-electron chi connectivity index (χ2n) is 3.31. The zero-order valence-electron chi connectivity index (χ0n) is 6.57. The van der Waals surface area contributed by atoms with Crippen LogP contribution in [0, 0.1) is 0 Å². The Hall–Kier alpha value is 0.170. The second kappa shape index (κ2) is 2.90. The first-order chi connectivity index (χ1) is 4.97. The summed E-state index contributed by atoms with van der Waals surface area (Å²) in [6, 6.07) is 0. The lowest BCUT2D eigenvalue weighted by molar-refractivity contribution is -0.122. The summed E-state index contributed by atoms with van der Waals surface area (Å²) in [4.78, 5) is 0. The predicted octanol–water partition coefficient (Wildman–Crippen LogP) is 1.87. The van der Waals surface area contributed by atoms with Crippen LogP contribution in [0.15, 0.2) is 0 Å². The van der Waals surface area contributed by atoms with Gasteiger partial charge in [-0.15, -0.1) is 0 Å². The first-order valence-electron chi connectivity index (χ1n) is 3.63. The number of alkyl halides is 2. The van der Waals surface area contributed by atoms with Crippen LogP contribution >= 0.6 is 11.8 Å². The average molecular weight is 181 g/mol. The summed E-state index contributed by atoms with van der Waals surface area (Å²) in [5, 5.41) is 0. The minimum atomic E-state index is -2.48. The molecule has 0 aliphatic heterocycles. The monoisotopic (exact) mass is 181 g/mol. The van der Waals surface area contributed by atoms with Gasteiger partial charge in [-0.3, -0.25) is 0 Å². The molecule has 1 fully saturated rings. The highest BCUT2D eigenvalue weighted by molar-refractivity contribution is 7.98. The van der Waals surface area contributed by atoms with Crippen molar-refractivity contribution in [3.05, 3.63) is 0 Å². The minimum Gasteiger partial charge on any atom is -0.325 e. The van der Waals surface area contributed by atoms with Gasteiger partial charge in [0.2, 0.25) is 0 Å². The third kappa shape index (κ3) is 2.30. The van der Waals surface area contributed by atoms with Gasteiger partial charge in [0.15, 0.2) is 0 Å². The maximum absolute atomic E-state index is 12.4. The Labute approximate surface area is 69.7 Å². The van der Waals surface area contributed by atoms with Crippen LogP contribution in [0.5, 0.6) is 0 Å². The zero-order chi connectivity index (χ0) is 8.54. The molecule has 0 heterocycles. The molecule has 0 saturated heterocycles. The molecule has 0 spiro atoms. The Morgan fingerprint density at radius 2 is 2.00 bits per heavy atom. The van der Waals surface area contributed by atoms with Crippen LogP contribution in [0.3, 0.4) is 0 Å². The molecular weight excluding hydrogens is 168 g/mol. The van der Waals surface area contributed by atoms with Crippen LogP contribution < -0.4 is 5.73 Å². The largest absolute Gasteiger partial charge is 0.325 e. The van der Waals surface area contributed by atoms with Gasteiger partial charge in [-0.25, -0.2) is 8.78 Å². The molecule has 1 rings (SSSR count). The third-order valence-corrected chi connectivity index (χ3v) is 2.64. The van der Waals surface area contributed by atoms with Crippen molar-refractivity contribution < 1.29 is 8.78 Å². The van der Waals surface area contributed by atoms with Crippen molar-refractivity contribution in [2.45, 2.75) is 30.7 Å². The SMILES string of the molecule is CSCCC1(N)CC(F)(F)C1. The van der Waals surface area contributed by atoms with E-state index in [-0.39, 0.29) is 12.8 Å². The maximum atomic E-state index is 12.4. The van der Waals surface area contributed by atoms with E-state index < -0.39 is 11.5 Å². The second-order valence-corrected chi connectivity index (χ2v) is 4.30. The molecule has 1 aliphatic carbocycles. The van der Waals surface area contributed by atoms with Crippen molar-refractivity contribution in [2.75, 3.05) is 12.0 Å². The molecule has 0 unspecified atom stereocenters. The molecule has 11 heavy (non-hydrogen) atoms. The van der Waals surface area contributed by atoms with Gasteiger partial charge in [-0.05, 0) is 18.4 Å². The molecule has 0 amide bonds. The molecule has 0 aromatic carbocycles. The Morgan fingerprint density at radius 3 is 2.36 bits per heavy atom. The van der Waals surface area contributed by atoms with E-state index in [0.717, 1.165) is 5.75 Å². The Balaban J connectivity index is 2.25. The zero-order valence-corrected chi connectivity index (χ0v) is 7.39. The van der Waals surface area contributed by atoms with E-state index in [1.54, 1.807) is 11.8 Å². The van der Waals surface area contributed by atoms with E-state index in [2.05, 4.69) is 0 Å². The lowest BCUT2D eigenvalue weighted by Crippen LogP contribution is -2.58. The summed E-state index contributed by atoms with van der Waals surface area (Å²) < 4.78 is 24.7. The molecule has 0 atom stereocenters. The summed E-state index contributed by atoms with van der Waals surface area (Å²) in [6.07, 6.45) is 2.42. The van der Waals surface area contributed by atoms with Gasteiger partial charge in [0.25, 0.3) is 5.92 Å². The van der Waals surface area contributed by atoms with E-state index in [9.17, 15) is 8.78 Å². The van der Waals surface area contributed by atoms with Gasteiger partial charge in [-0.2, -0.15) is 11.8 Å². The highest BCUT2D eigenvalue weighted by atomic mass is 32.2. The van der Waals surface area contributed by atoms with Crippen molar-refractivity contribution >= 4 is 11.8 Å². The standard InChI is InChI=1S/C7H13F2NS/c1-11-3-2-6(10)4-7(8,9)5-6/h2-5,10H2,1H3. The number of hydrogen-bond donors (Lipinski definition) is 1. The molecule has 0 aromatic rings. The molecule has 0 aromatic heterocycles. The number of thioether (sulfide) groups is 1. The Kier molecular flexibility index (Phi) is 2.44. The fourth-order valence-electron chi connectivity index (χ4n) is 1.46. The normalized spacial score (nSPS) is 26.2. The summed E-state index contributed by atoms with van der Waals surface area (Å²) >= 11 is 1.65. The summed E-state index contributed by atoms with van der Waals surface area (Å²) in [5.41, 5.74) is 5.11. The maximum Gasteiger partial charge on any atom is 0.251 e. The topological polar surface area (TPSA) is 26.0 Å². The molecule has 1 saturated carbocycles. The first-order valence-corrected chi connectivity index (χ1v) is 5.03. The van der Waals surface area contributed by atoms with Crippen molar-refractivity contribution in [3.63, 3.8) is 0 Å². The smallest absolute Gasteiger partial charge is 0.251 e. The quantitative estimate of drug-likeness (QED) is 0.719. The molecule has 1 nitrogen and oxygen atoms in total. The van der Waals surface area contributed by atoms with Crippen LogP contribution in [-0.2, 0) is 0 Å². The molecule has 0 bridgehead atoms. The van der Waals surface area contributed by atoms with Gasteiger partial charge in [0.05, 0.1) is 0 Å². The molecule has 1 aliphatic rings. The van der Waals surface area contributed by atoms with E-state index in [4.69, 9.17) is 5.73 Å². The van der Waals surface area contributed by atoms with Gasteiger partial charge in [0, 0.05) is 18.4 Å². The lowest BCUT2D eigenvalue weighted by atomic mass is 9.72. The van der Waals surface area contributed by atoms with Crippen molar-refractivity contribution in [1.29, 1.82) is 0 Å². The fraction of sp³-hybridized carbons (Fsp3) is 1.00. The number of nitrogens with two attached hydrogens (primary N) is 1. The Morgan fingerprint density at radius 1 is 1.45 bits per heavy atom. The lowest BCUT2D eigenvalue weighted by Gasteiger charge is -2.44. The van der Waals surface area contributed by atoms with Crippen LogP contribution in [0.4, 0.5) is 8.78 Å². The number of rotatable bonds is 3. The van der Waals surface area contributed by atoms with Gasteiger partial charge in [0.1, 0.15) is 0 Å². The third-order valence-electron chi connectivity index (χ3n) is 2.03. The van der Waals surface area contributed by atoms with Gasteiger partial charge >= 0.3 is 0 Å². The summed E-state index contributed by atoms with van der Waals surface area (Å²) in [7, 11) is 0. The first kappa shape index (κ1) is 9.26. The van der Waals surface area contributed by atoms with Gasteiger partial charge < -0.3 is 5.73 Å². The predicted molar refractivity (Wildman–Crippen MR) is 44.1 cm³/mol. The van der Waals surface area contributed by atoms with Crippen LogP contribution in [-0.4, -0.2) is 23.5 Å². The molecular formula is C7H13F2NS. The van der Waals surface area contributed by atoms with Crippen molar-refractivity contribution in [2.24, 2.45) is 5.73 Å². The molecule has 0 radical (unpaired) electrons. The molecule has 66 valence electrons. The number of hydrogen-bond acceptors (Lipinski definition) is 2.